The molecule has 0 atom stereocenters. The highest BCUT2D eigenvalue weighted by atomic mass is 19.2. The molecule has 0 bridgehead atoms. The van der Waals surface area contributed by atoms with E-state index in [1.54, 1.807) is 12.1 Å². The maximum absolute atomic E-state index is 15.2. The fourth-order valence-corrected chi connectivity index (χ4v) is 6.14. The molecule has 0 radical (unpaired) electrons. The molecule has 0 spiro atoms. The van der Waals surface area contributed by atoms with Crippen molar-refractivity contribution in [1.82, 2.24) is 0 Å². The minimum absolute atomic E-state index is 0.0469. The minimum Gasteiger partial charge on any atom is -0.494 e. The molecule has 0 amide bonds. The third kappa shape index (κ3) is 6.32. The predicted molar refractivity (Wildman–Crippen MR) is 137 cm³/mol. The van der Waals surface area contributed by atoms with Crippen LogP contribution in [0.25, 0.3) is 6.08 Å². The lowest BCUT2D eigenvalue weighted by atomic mass is 9.75. The van der Waals surface area contributed by atoms with Gasteiger partial charge in [-0.3, -0.25) is 0 Å². The SMILES string of the molecule is CCCC1CCC(c2ccc(C3CCC(/C=C/c4ccc(OCC)cc4F)CC3)c(F)c2F)CC1. The normalized spacial score (nSPS) is 25.2. The van der Waals surface area contributed by atoms with Gasteiger partial charge in [0.15, 0.2) is 11.6 Å². The molecule has 190 valence electrons. The van der Waals surface area contributed by atoms with Crippen LogP contribution >= 0.6 is 0 Å². The van der Waals surface area contributed by atoms with Gasteiger partial charge >= 0.3 is 0 Å². The van der Waals surface area contributed by atoms with Gasteiger partial charge in [-0.1, -0.05) is 44.1 Å². The van der Waals surface area contributed by atoms with Gasteiger partial charge in [0.1, 0.15) is 11.6 Å². The van der Waals surface area contributed by atoms with E-state index in [-0.39, 0.29) is 17.7 Å². The molecule has 2 fully saturated rings. The Kier molecular flexibility index (Phi) is 8.97. The van der Waals surface area contributed by atoms with E-state index in [4.69, 9.17) is 4.74 Å². The van der Waals surface area contributed by atoms with E-state index in [1.807, 2.05) is 25.1 Å². The van der Waals surface area contributed by atoms with Crippen LogP contribution < -0.4 is 4.74 Å². The van der Waals surface area contributed by atoms with Crippen LogP contribution in [0.3, 0.4) is 0 Å². The van der Waals surface area contributed by atoms with Gasteiger partial charge in [-0.2, -0.15) is 0 Å². The van der Waals surface area contributed by atoms with Gasteiger partial charge < -0.3 is 4.74 Å². The summed E-state index contributed by atoms with van der Waals surface area (Å²) >= 11 is 0. The van der Waals surface area contributed by atoms with Gasteiger partial charge in [0.25, 0.3) is 0 Å². The fraction of sp³-hybridized carbons (Fsp3) is 0.548. The first-order valence-corrected chi connectivity index (χ1v) is 13.6. The molecule has 2 aromatic rings. The smallest absolute Gasteiger partial charge is 0.162 e. The maximum atomic E-state index is 15.2. The summed E-state index contributed by atoms with van der Waals surface area (Å²) < 4.78 is 49.9. The number of allylic oxidation sites excluding steroid dienone is 1. The van der Waals surface area contributed by atoms with E-state index in [0.717, 1.165) is 57.3 Å². The zero-order valence-corrected chi connectivity index (χ0v) is 21.2. The van der Waals surface area contributed by atoms with Gasteiger partial charge in [-0.15, -0.1) is 0 Å². The monoisotopic (exact) mass is 484 g/mol. The van der Waals surface area contributed by atoms with Crippen LogP contribution in [0.1, 0.15) is 107 Å². The molecule has 2 saturated carbocycles. The summed E-state index contributed by atoms with van der Waals surface area (Å²) in [6.45, 7) is 4.59. The summed E-state index contributed by atoms with van der Waals surface area (Å²) in [4.78, 5) is 0. The molecule has 2 aliphatic rings. The number of hydrogen-bond donors (Lipinski definition) is 0. The lowest BCUT2D eigenvalue weighted by Gasteiger charge is -2.30. The van der Waals surface area contributed by atoms with E-state index in [0.29, 0.717) is 35.0 Å². The van der Waals surface area contributed by atoms with Crippen molar-refractivity contribution in [3.63, 3.8) is 0 Å². The van der Waals surface area contributed by atoms with Crippen LogP contribution in [-0.2, 0) is 0 Å². The molecule has 35 heavy (non-hydrogen) atoms. The number of rotatable bonds is 8. The van der Waals surface area contributed by atoms with Crippen molar-refractivity contribution in [2.45, 2.75) is 89.9 Å². The predicted octanol–water partition coefficient (Wildman–Crippen LogP) is 9.56. The van der Waals surface area contributed by atoms with Crippen molar-refractivity contribution in [1.29, 1.82) is 0 Å². The Balaban J connectivity index is 1.34. The fourth-order valence-electron chi connectivity index (χ4n) is 6.14. The summed E-state index contributed by atoms with van der Waals surface area (Å²) in [6.07, 6.45) is 13.9. The molecular formula is C31H39F3O. The quantitative estimate of drug-likeness (QED) is 0.362. The van der Waals surface area contributed by atoms with Crippen LogP contribution in [0, 0.1) is 29.3 Å². The third-order valence-electron chi connectivity index (χ3n) is 8.17. The molecule has 0 aromatic heterocycles. The van der Waals surface area contributed by atoms with Gasteiger partial charge in [-0.05, 0) is 105 Å². The van der Waals surface area contributed by atoms with Crippen LogP contribution in [0.5, 0.6) is 5.75 Å². The molecule has 4 heteroatoms. The number of benzene rings is 2. The second-order valence-corrected chi connectivity index (χ2v) is 10.5. The van der Waals surface area contributed by atoms with Crippen LogP contribution in [0.15, 0.2) is 36.4 Å². The second kappa shape index (κ2) is 12.1. The first-order chi connectivity index (χ1) is 17.0. The molecule has 0 unspecified atom stereocenters. The van der Waals surface area contributed by atoms with Crippen molar-refractivity contribution >= 4 is 6.08 Å². The molecular weight excluding hydrogens is 445 g/mol. The van der Waals surface area contributed by atoms with Gasteiger partial charge in [0, 0.05) is 11.6 Å². The Morgan fingerprint density at radius 1 is 0.800 bits per heavy atom. The highest BCUT2D eigenvalue weighted by Gasteiger charge is 2.29. The Morgan fingerprint density at radius 2 is 1.40 bits per heavy atom. The number of ether oxygens (including phenoxy) is 1. The third-order valence-corrected chi connectivity index (χ3v) is 8.17. The summed E-state index contributed by atoms with van der Waals surface area (Å²) in [5, 5.41) is 0. The Bertz CT molecular complexity index is 999. The van der Waals surface area contributed by atoms with E-state index < -0.39 is 11.6 Å². The molecule has 0 saturated heterocycles. The zero-order chi connectivity index (χ0) is 24.8. The molecule has 0 heterocycles. The highest BCUT2D eigenvalue weighted by molar-refractivity contribution is 5.52. The lowest BCUT2D eigenvalue weighted by molar-refractivity contribution is 0.302. The largest absolute Gasteiger partial charge is 0.494 e. The maximum Gasteiger partial charge on any atom is 0.162 e. The Hall–Kier alpha value is -2.23. The van der Waals surface area contributed by atoms with Crippen LogP contribution in [0.4, 0.5) is 13.2 Å². The van der Waals surface area contributed by atoms with Crippen LogP contribution in [-0.4, -0.2) is 6.61 Å². The first-order valence-electron chi connectivity index (χ1n) is 13.6. The molecule has 0 N–H and O–H groups in total. The van der Waals surface area contributed by atoms with Gasteiger partial charge in [0.05, 0.1) is 6.61 Å². The van der Waals surface area contributed by atoms with E-state index in [2.05, 4.69) is 13.0 Å². The summed E-state index contributed by atoms with van der Waals surface area (Å²) in [7, 11) is 0. The van der Waals surface area contributed by atoms with Crippen molar-refractivity contribution < 1.29 is 17.9 Å². The molecule has 0 aliphatic heterocycles. The topological polar surface area (TPSA) is 9.23 Å². The molecule has 2 aliphatic carbocycles. The Morgan fingerprint density at radius 3 is 1.94 bits per heavy atom. The standard InChI is InChI=1S/C31H39F3O/c1-3-5-21-6-11-23(12-7-21)27-18-19-28(31(34)30(27)33)24-13-8-22(9-14-24)10-15-25-16-17-26(35-4-2)20-29(25)32/h10,15-24H,3-9,11-14H2,1-2H3/b15-10+. The molecule has 4 rings (SSSR count). The lowest BCUT2D eigenvalue weighted by Crippen LogP contribution is -2.17. The van der Waals surface area contributed by atoms with Crippen molar-refractivity contribution in [3.05, 3.63) is 70.5 Å². The van der Waals surface area contributed by atoms with Crippen molar-refractivity contribution in [2.75, 3.05) is 6.61 Å². The summed E-state index contributed by atoms with van der Waals surface area (Å²) in [6, 6.07) is 8.64. The molecule has 1 nitrogen and oxygen atoms in total. The van der Waals surface area contributed by atoms with E-state index in [1.165, 1.54) is 18.9 Å². The van der Waals surface area contributed by atoms with Gasteiger partial charge in [0.2, 0.25) is 0 Å². The first kappa shape index (κ1) is 25.9. The van der Waals surface area contributed by atoms with Gasteiger partial charge in [-0.25, -0.2) is 13.2 Å². The number of halogens is 3. The summed E-state index contributed by atoms with van der Waals surface area (Å²) in [5.74, 6) is 0.259. The second-order valence-electron chi connectivity index (χ2n) is 10.5. The van der Waals surface area contributed by atoms with E-state index in [9.17, 15) is 4.39 Å². The summed E-state index contributed by atoms with van der Waals surface area (Å²) in [5.41, 5.74) is 1.66. The average molecular weight is 485 g/mol. The average Bonchev–Trinajstić information content (AvgIpc) is 2.87. The van der Waals surface area contributed by atoms with Crippen LogP contribution in [0.2, 0.25) is 0 Å². The highest BCUT2D eigenvalue weighted by Crippen LogP contribution is 2.42. The molecule has 2 aromatic carbocycles. The van der Waals surface area contributed by atoms with Crippen molar-refractivity contribution in [3.8, 4) is 5.75 Å². The number of hydrogen-bond acceptors (Lipinski definition) is 1. The zero-order valence-electron chi connectivity index (χ0n) is 21.2. The Labute approximate surface area is 208 Å². The van der Waals surface area contributed by atoms with E-state index >= 15 is 8.78 Å². The van der Waals surface area contributed by atoms with Crippen molar-refractivity contribution in [2.24, 2.45) is 11.8 Å². The minimum atomic E-state index is -0.631.